The lowest BCUT2D eigenvalue weighted by molar-refractivity contribution is -0.120. The van der Waals surface area contributed by atoms with E-state index in [2.05, 4.69) is 61.2 Å². The number of sulfone groups is 1. The van der Waals surface area contributed by atoms with Crippen molar-refractivity contribution < 1.29 is 48.8 Å². The molecule has 0 bridgehead atoms. The van der Waals surface area contributed by atoms with E-state index in [0.717, 1.165) is 61.6 Å². The van der Waals surface area contributed by atoms with Gasteiger partial charge in [-0.2, -0.15) is 17.6 Å². The lowest BCUT2D eigenvalue weighted by atomic mass is 9.73. The van der Waals surface area contributed by atoms with Gasteiger partial charge in [-0.15, -0.1) is 11.8 Å². The number of hydrogen-bond acceptors (Lipinski definition) is 14. The Kier molecular flexibility index (Phi) is 18.5. The topological polar surface area (TPSA) is 185 Å². The lowest BCUT2D eigenvalue weighted by Crippen LogP contribution is -2.50. The van der Waals surface area contributed by atoms with Crippen molar-refractivity contribution in [2.24, 2.45) is 5.41 Å². The third kappa shape index (κ3) is 15.0. The number of amides is 4. The third-order valence-corrected chi connectivity index (χ3v) is 19.5. The molecule has 3 fully saturated rings. The molecule has 3 saturated heterocycles. The summed E-state index contributed by atoms with van der Waals surface area (Å²) in [7, 11) is -11.1. The van der Waals surface area contributed by atoms with E-state index in [9.17, 15) is 48.8 Å². The number of pyridine rings is 1. The Morgan fingerprint density at radius 3 is 2.16 bits per heavy atom. The molecule has 81 heavy (non-hydrogen) atoms. The maximum atomic E-state index is 14.5. The molecule has 9 rings (SSSR count). The van der Waals surface area contributed by atoms with E-state index >= 15 is 0 Å². The van der Waals surface area contributed by atoms with Crippen molar-refractivity contribution in [2.75, 3.05) is 92.9 Å². The summed E-state index contributed by atoms with van der Waals surface area (Å²) in [5.74, 6) is -1.92. The van der Waals surface area contributed by atoms with Gasteiger partial charge < -0.3 is 15.1 Å². The van der Waals surface area contributed by atoms with Crippen molar-refractivity contribution in [3.05, 3.63) is 143 Å². The molecule has 5 aromatic rings. The number of imide groups is 1. The molecule has 4 heterocycles. The fraction of sp³-hybridized carbons (Fsp3) is 0.404. The number of alkyl halides is 3. The number of allylic oxidation sites excluding steroid dienone is 1. The first-order chi connectivity index (χ1) is 38.5. The van der Waals surface area contributed by atoms with E-state index in [1.165, 1.54) is 57.8 Å². The van der Waals surface area contributed by atoms with Gasteiger partial charge in [-0.25, -0.2) is 31.3 Å². The molecule has 4 aromatic carbocycles. The van der Waals surface area contributed by atoms with Gasteiger partial charge in [0.25, 0.3) is 25.8 Å². The fourth-order valence-corrected chi connectivity index (χ4v) is 13.8. The SMILES string of the molecule is CC1(C)CCC(c2ccc(Cl)cc2)=C(CN2CCN(c3ccc(C(=O)NS(=O)(=O)c4ccc(N[C@H](CCN5CCN(Cc6cc(F)ncc6N6CCC(=O)NC6=O)CC5)CSc5ccccc5)c(S(=O)(=O)C(F)(F)F)c4)cc3)CC2)C1. The second-order valence-electron chi connectivity index (χ2n) is 21.5. The third-order valence-electron chi connectivity index (χ3n) is 15.2. The molecule has 1 atom stereocenters. The number of rotatable bonds is 19. The van der Waals surface area contributed by atoms with Crippen LogP contribution in [0.5, 0.6) is 0 Å². The predicted octanol–water partition coefficient (Wildman–Crippen LogP) is 9.30. The maximum Gasteiger partial charge on any atom is 0.501 e. The minimum atomic E-state index is -6.16. The van der Waals surface area contributed by atoms with Gasteiger partial charge in [0.05, 0.1) is 22.5 Å². The number of benzene rings is 4. The van der Waals surface area contributed by atoms with Crippen molar-refractivity contribution in [1.82, 2.24) is 29.7 Å². The Balaban J connectivity index is 0.842. The first-order valence-electron chi connectivity index (χ1n) is 26.7. The van der Waals surface area contributed by atoms with Crippen LogP contribution in [0.25, 0.3) is 5.57 Å². The van der Waals surface area contributed by atoms with Crippen LogP contribution in [0.1, 0.15) is 67.4 Å². The highest BCUT2D eigenvalue weighted by atomic mass is 35.5. The van der Waals surface area contributed by atoms with Gasteiger partial charge >= 0.3 is 11.5 Å². The van der Waals surface area contributed by atoms with Gasteiger partial charge in [-0.05, 0) is 121 Å². The number of nitrogens with zero attached hydrogens (tertiary/aromatic N) is 6. The Labute approximate surface area is 479 Å². The van der Waals surface area contributed by atoms with Gasteiger partial charge in [0, 0.05) is 118 Å². The molecule has 3 aliphatic heterocycles. The smallest absolute Gasteiger partial charge is 0.380 e. The fourth-order valence-electron chi connectivity index (χ4n) is 10.7. The summed E-state index contributed by atoms with van der Waals surface area (Å²) in [6, 6.07) is 25.9. The van der Waals surface area contributed by atoms with Gasteiger partial charge in [-0.3, -0.25) is 29.6 Å². The molecule has 0 radical (unpaired) electrons. The number of thioether (sulfide) groups is 1. The second kappa shape index (κ2) is 25.2. The molecule has 1 aromatic heterocycles. The van der Waals surface area contributed by atoms with E-state index in [1.54, 1.807) is 12.1 Å². The summed E-state index contributed by atoms with van der Waals surface area (Å²) in [4.78, 5) is 50.5. The second-order valence-corrected chi connectivity index (χ2v) is 26.7. The molecule has 4 aliphatic rings. The molecule has 3 N–H and O–H groups in total. The Hall–Kier alpha value is -6.08. The average Bonchev–Trinajstić information content (AvgIpc) is 3.59. The highest BCUT2D eigenvalue weighted by molar-refractivity contribution is 7.99. The van der Waals surface area contributed by atoms with Crippen LogP contribution in [0.2, 0.25) is 5.02 Å². The zero-order chi connectivity index (χ0) is 57.7. The summed E-state index contributed by atoms with van der Waals surface area (Å²) in [5, 5.41) is 5.98. The predicted molar refractivity (Wildman–Crippen MR) is 306 cm³/mol. The number of aromatic nitrogens is 1. The molecular formula is C57H64ClF4N9O7S3. The van der Waals surface area contributed by atoms with Crippen molar-refractivity contribution in [2.45, 2.75) is 78.7 Å². The van der Waals surface area contributed by atoms with Crippen LogP contribution in [0.4, 0.5) is 39.4 Å². The Morgan fingerprint density at radius 2 is 1.48 bits per heavy atom. The van der Waals surface area contributed by atoms with Crippen LogP contribution in [-0.4, -0.2) is 144 Å². The summed E-state index contributed by atoms with van der Waals surface area (Å²) in [5.41, 5.74) is -0.399. The average molecular weight is 1190 g/mol. The number of piperazine rings is 2. The quantitative estimate of drug-likeness (QED) is 0.0404. The van der Waals surface area contributed by atoms with Gasteiger partial charge in [0.1, 0.15) is 4.90 Å². The van der Waals surface area contributed by atoms with Crippen LogP contribution >= 0.6 is 23.4 Å². The summed E-state index contributed by atoms with van der Waals surface area (Å²) >= 11 is 7.60. The zero-order valence-corrected chi connectivity index (χ0v) is 48.1. The van der Waals surface area contributed by atoms with Gasteiger partial charge in [0.2, 0.25) is 11.9 Å². The summed E-state index contributed by atoms with van der Waals surface area (Å²) in [6.45, 7) is 11.4. The van der Waals surface area contributed by atoms with Gasteiger partial charge in [-0.1, -0.05) is 61.4 Å². The molecular weight excluding hydrogens is 1130 g/mol. The minimum Gasteiger partial charge on any atom is -0.380 e. The van der Waals surface area contributed by atoms with Crippen molar-refractivity contribution >= 4 is 83.7 Å². The van der Waals surface area contributed by atoms with E-state index in [1.807, 2.05) is 47.2 Å². The first kappa shape index (κ1) is 59.5. The number of hydrogen-bond donors (Lipinski definition) is 3. The summed E-state index contributed by atoms with van der Waals surface area (Å²) in [6.07, 6.45) is 4.77. The number of anilines is 3. The standard InChI is InChI=1S/C57H64ClF4N9O7S3/c1-56(2)21-18-48(39-8-12-43(58)13-9-39)42(34-56)37-69-28-30-70(31-29-69)45-14-10-40(11-15-45)54(73)66-81(77,78)47-16-17-49(51(33-47)80(75,76)57(60,61)62)64-44(38-79-46-6-4-3-5-7-46)19-22-67-24-26-68(27-25-67)36-41-32-52(59)63-35-50(41)71-23-20-53(72)65-55(71)74/h3-17,32-33,35,44,64H,18-31,34,36-38H2,1-2H3,(H,66,73)(H,65,72,74)/t44-/m1/s1. The summed E-state index contributed by atoms with van der Waals surface area (Å²) < 4.78 is 114. The van der Waals surface area contributed by atoms with Crippen LogP contribution < -0.4 is 25.2 Å². The van der Waals surface area contributed by atoms with E-state index in [0.29, 0.717) is 74.6 Å². The number of halogens is 5. The van der Waals surface area contributed by atoms with Gasteiger partial charge in [0.15, 0.2) is 0 Å². The van der Waals surface area contributed by atoms with E-state index in [-0.39, 0.29) is 36.2 Å². The highest BCUT2D eigenvalue weighted by Crippen LogP contribution is 2.43. The maximum absolute atomic E-state index is 14.5. The van der Waals surface area contributed by atoms with Crippen LogP contribution in [0, 0.1) is 11.4 Å². The molecule has 0 unspecified atom stereocenters. The number of nitrogens with one attached hydrogen (secondary N) is 3. The molecule has 432 valence electrons. The number of urea groups is 1. The largest absolute Gasteiger partial charge is 0.501 e. The zero-order valence-electron chi connectivity index (χ0n) is 44.9. The van der Waals surface area contributed by atoms with Crippen LogP contribution in [0.3, 0.4) is 0 Å². The molecule has 0 spiro atoms. The Bertz CT molecular complexity index is 3360. The van der Waals surface area contributed by atoms with Crippen molar-refractivity contribution in [1.29, 1.82) is 0 Å². The van der Waals surface area contributed by atoms with Crippen LogP contribution in [0.15, 0.2) is 130 Å². The van der Waals surface area contributed by atoms with E-state index in [4.69, 9.17) is 11.6 Å². The number of sulfonamides is 1. The van der Waals surface area contributed by atoms with Crippen molar-refractivity contribution in [3.63, 3.8) is 0 Å². The number of carbonyl (C=O) groups is 3. The van der Waals surface area contributed by atoms with Crippen LogP contribution in [-0.2, 0) is 31.2 Å². The number of carbonyl (C=O) groups excluding carboxylic acids is 3. The monoisotopic (exact) mass is 1190 g/mol. The highest BCUT2D eigenvalue weighted by Gasteiger charge is 2.48. The molecule has 1 aliphatic carbocycles. The molecule has 0 saturated carbocycles. The molecule has 24 heteroatoms. The normalized spacial score (nSPS) is 18.4. The van der Waals surface area contributed by atoms with Crippen molar-refractivity contribution in [3.8, 4) is 0 Å². The Morgan fingerprint density at radius 1 is 0.815 bits per heavy atom. The minimum absolute atomic E-state index is 0.0367. The molecule has 4 amide bonds. The molecule has 16 nitrogen and oxygen atoms in total. The van der Waals surface area contributed by atoms with E-state index < -0.39 is 70.7 Å². The first-order valence-corrected chi connectivity index (χ1v) is 31.0. The lowest BCUT2D eigenvalue weighted by Gasteiger charge is -2.39.